The molecule has 2 N–H and O–H groups in total. The Hall–Kier alpha value is -1.82. The molecule has 0 aliphatic carbocycles. The van der Waals surface area contributed by atoms with Crippen LogP contribution in [0.1, 0.15) is 6.92 Å². The number of benzene rings is 1. The molecule has 6 nitrogen and oxygen atoms in total. The molecule has 0 radical (unpaired) electrons. The van der Waals surface area contributed by atoms with Gasteiger partial charge in [0.15, 0.2) is 0 Å². The fraction of sp³-hybridized carbons (Fsp3) is 0.400. The summed E-state index contributed by atoms with van der Waals surface area (Å²) in [6, 6.07) is 4.10. The predicted molar refractivity (Wildman–Crippen MR) is 59.5 cm³/mol. The summed E-state index contributed by atoms with van der Waals surface area (Å²) in [6.07, 6.45) is 0. The van der Waals surface area contributed by atoms with Gasteiger partial charge in [0.2, 0.25) is 0 Å². The minimum absolute atomic E-state index is 0.0411. The van der Waals surface area contributed by atoms with E-state index in [4.69, 9.17) is 15.2 Å². The van der Waals surface area contributed by atoms with Crippen molar-refractivity contribution in [3.8, 4) is 5.75 Å². The zero-order valence-corrected chi connectivity index (χ0v) is 9.01. The maximum atomic E-state index is 10.5. The van der Waals surface area contributed by atoms with Gasteiger partial charge in [0.25, 0.3) is 5.69 Å². The van der Waals surface area contributed by atoms with E-state index in [9.17, 15) is 10.1 Å². The van der Waals surface area contributed by atoms with E-state index in [1.54, 1.807) is 0 Å². The van der Waals surface area contributed by atoms with Crippen LogP contribution in [0.4, 0.5) is 11.4 Å². The second-order valence-electron chi connectivity index (χ2n) is 3.02. The number of anilines is 1. The van der Waals surface area contributed by atoms with Crippen LogP contribution in [0, 0.1) is 10.1 Å². The molecule has 0 spiro atoms. The standard InChI is InChI=1S/C10H14N2O4/c1-2-15-5-6-16-10-7-8(12(13)14)3-4-9(10)11/h3-4,7H,2,5-6,11H2,1H3. The van der Waals surface area contributed by atoms with Gasteiger partial charge in [0.05, 0.1) is 23.3 Å². The third-order valence-corrected chi connectivity index (χ3v) is 1.90. The van der Waals surface area contributed by atoms with Crippen molar-refractivity contribution in [1.82, 2.24) is 0 Å². The first-order valence-electron chi connectivity index (χ1n) is 4.89. The normalized spacial score (nSPS) is 10.1. The smallest absolute Gasteiger partial charge is 0.273 e. The lowest BCUT2D eigenvalue weighted by Crippen LogP contribution is -2.07. The maximum absolute atomic E-state index is 10.5. The lowest BCUT2D eigenvalue weighted by molar-refractivity contribution is -0.384. The number of ether oxygens (including phenoxy) is 2. The Balaban J connectivity index is 2.63. The molecule has 6 heteroatoms. The topological polar surface area (TPSA) is 87.6 Å². The third-order valence-electron chi connectivity index (χ3n) is 1.90. The molecule has 0 aliphatic rings. The molecule has 0 atom stereocenters. The van der Waals surface area contributed by atoms with E-state index in [0.717, 1.165) is 0 Å². The molecule has 0 amide bonds. The molecular formula is C10H14N2O4. The van der Waals surface area contributed by atoms with Crippen molar-refractivity contribution >= 4 is 11.4 Å². The van der Waals surface area contributed by atoms with Crippen molar-refractivity contribution in [3.05, 3.63) is 28.3 Å². The van der Waals surface area contributed by atoms with Gasteiger partial charge in [-0.1, -0.05) is 0 Å². The van der Waals surface area contributed by atoms with Crippen molar-refractivity contribution in [2.24, 2.45) is 0 Å². The summed E-state index contributed by atoms with van der Waals surface area (Å²) in [7, 11) is 0. The highest BCUT2D eigenvalue weighted by Crippen LogP contribution is 2.26. The largest absolute Gasteiger partial charge is 0.489 e. The van der Waals surface area contributed by atoms with Crippen molar-refractivity contribution < 1.29 is 14.4 Å². The third kappa shape index (κ3) is 3.39. The summed E-state index contributed by atoms with van der Waals surface area (Å²) < 4.78 is 10.3. The lowest BCUT2D eigenvalue weighted by atomic mass is 10.2. The average molecular weight is 226 g/mol. The average Bonchev–Trinajstić information content (AvgIpc) is 2.26. The van der Waals surface area contributed by atoms with E-state index in [-0.39, 0.29) is 5.69 Å². The fourth-order valence-corrected chi connectivity index (χ4v) is 1.12. The SMILES string of the molecule is CCOCCOc1cc([N+](=O)[O-])ccc1N. The molecule has 0 aromatic heterocycles. The van der Waals surface area contributed by atoms with Gasteiger partial charge in [-0.05, 0) is 13.0 Å². The van der Waals surface area contributed by atoms with E-state index >= 15 is 0 Å². The molecule has 0 bridgehead atoms. The molecule has 0 saturated heterocycles. The summed E-state index contributed by atoms with van der Waals surface area (Å²) in [5.41, 5.74) is 5.95. The van der Waals surface area contributed by atoms with Crippen LogP contribution in [0.5, 0.6) is 5.75 Å². The van der Waals surface area contributed by atoms with Crippen LogP contribution in [0.3, 0.4) is 0 Å². The molecule has 88 valence electrons. The monoisotopic (exact) mass is 226 g/mol. The maximum Gasteiger partial charge on any atom is 0.273 e. The fourth-order valence-electron chi connectivity index (χ4n) is 1.12. The van der Waals surface area contributed by atoms with Gasteiger partial charge < -0.3 is 15.2 Å². The molecule has 0 saturated carbocycles. The molecule has 0 aliphatic heterocycles. The van der Waals surface area contributed by atoms with Gasteiger partial charge in [-0.25, -0.2) is 0 Å². The molecule has 16 heavy (non-hydrogen) atoms. The number of nitrogens with zero attached hydrogens (tertiary/aromatic N) is 1. The Morgan fingerprint density at radius 1 is 1.44 bits per heavy atom. The van der Waals surface area contributed by atoms with Crippen LogP contribution in [-0.4, -0.2) is 24.7 Å². The van der Waals surface area contributed by atoms with Crippen molar-refractivity contribution in [2.45, 2.75) is 6.92 Å². The van der Waals surface area contributed by atoms with Crippen molar-refractivity contribution in [3.63, 3.8) is 0 Å². The molecule has 1 aromatic rings. The van der Waals surface area contributed by atoms with Crippen molar-refractivity contribution in [2.75, 3.05) is 25.6 Å². The first kappa shape index (κ1) is 12.3. The van der Waals surface area contributed by atoms with E-state index in [1.807, 2.05) is 6.92 Å². The number of nitrogens with two attached hydrogens (primary N) is 1. The summed E-state index contributed by atoms with van der Waals surface area (Å²) in [4.78, 5) is 10.0. The van der Waals surface area contributed by atoms with Gasteiger partial charge in [-0.3, -0.25) is 10.1 Å². The van der Waals surface area contributed by atoms with Crippen LogP contribution < -0.4 is 10.5 Å². The Morgan fingerprint density at radius 2 is 2.19 bits per heavy atom. The Morgan fingerprint density at radius 3 is 2.81 bits per heavy atom. The second kappa shape index (κ2) is 5.92. The number of nitro groups is 1. The number of non-ortho nitro benzene ring substituents is 1. The number of rotatable bonds is 6. The lowest BCUT2D eigenvalue weighted by Gasteiger charge is -2.08. The molecule has 0 unspecified atom stereocenters. The van der Waals surface area contributed by atoms with E-state index in [0.29, 0.717) is 31.3 Å². The zero-order valence-electron chi connectivity index (χ0n) is 9.01. The minimum Gasteiger partial charge on any atom is -0.489 e. The highest BCUT2D eigenvalue weighted by atomic mass is 16.6. The summed E-state index contributed by atoms with van der Waals surface area (Å²) >= 11 is 0. The number of nitrogen functional groups attached to an aromatic ring is 1. The van der Waals surface area contributed by atoms with Gasteiger partial charge in [0.1, 0.15) is 12.4 Å². The highest BCUT2D eigenvalue weighted by Gasteiger charge is 2.09. The van der Waals surface area contributed by atoms with E-state index in [2.05, 4.69) is 0 Å². The van der Waals surface area contributed by atoms with Crippen molar-refractivity contribution in [1.29, 1.82) is 0 Å². The van der Waals surface area contributed by atoms with Gasteiger partial charge >= 0.3 is 0 Å². The molecular weight excluding hydrogens is 212 g/mol. The van der Waals surface area contributed by atoms with E-state index < -0.39 is 4.92 Å². The van der Waals surface area contributed by atoms with Crippen LogP contribution in [-0.2, 0) is 4.74 Å². The number of hydrogen-bond donors (Lipinski definition) is 1. The van der Waals surface area contributed by atoms with Crippen LogP contribution >= 0.6 is 0 Å². The Labute approximate surface area is 93.1 Å². The van der Waals surface area contributed by atoms with E-state index in [1.165, 1.54) is 18.2 Å². The Kier molecular flexibility index (Phi) is 4.53. The predicted octanol–water partition coefficient (Wildman–Crippen LogP) is 1.59. The number of nitro benzene ring substituents is 1. The van der Waals surface area contributed by atoms with Gasteiger partial charge in [0, 0.05) is 12.7 Å². The molecule has 0 heterocycles. The second-order valence-corrected chi connectivity index (χ2v) is 3.02. The van der Waals surface area contributed by atoms with Crippen LogP contribution in [0.25, 0.3) is 0 Å². The van der Waals surface area contributed by atoms with Gasteiger partial charge in [-0.15, -0.1) is 0 Å². The molecule has 1 rings (SSSR count). The number of hydrogen-bond acceptors (Lipinski definition) is 5. The van der Waals surface area contributed by atoms with Crippen LogP contribution in [0.2, 0.25) is 0 Å². The van der Waals surface area contributed by atoms with Crippen LogP contribution in [0.15, 0.2) is 18.2 Å². The quantitative estimate of drug-likeness (QED) is 0.344. The molecule has 0 fully saturated rings. The molecule has 1 aromatic carbocycles. The summed E-state index contributed by atoms with van der Waals surface area (Å²) in [6.45, 7) is 3.23. The highest BCUT2D eigenvalue weighted by molar-refractivity contribution is 5.57. The Bertz CT molecular complexity index is 368. The minimum atomic E-state index is -0.491. The summed E-state index contributed by atoms with van der Waals surface area (Å²) in [5, 5.41) is 10.5. The summed E-state index contributed by atoms with van der Waals surface area (Å²) in [5.74, 6) is 0.314. The first-order valence-corrected chi connectivity index (χ1v) is 4.89. The zero-order chi connectivity index (χ0) is 12.0. The first-order chi connectivity index (χ1) is 7.65. The van der Waals surface area contributed by atoms with Gasteiger partial charge in [-0.2, -0.15) is 0 Å².